The molecule has 0 unspecified atom stereocenters. The van der Waals surface area contributed by atoms with Crippen molar-refractivity contribution in [2.75, 3.05) is 0 Å². The SMILES string of the molecule is Cc1cc(SS)nc2ccccc12. The van der Waals surface area contributed by atoms with E-state index in [4.69, 9.17) is 0 Å². The largest absolute Gasteiger partial charge is 0.241 e. The molecule has 0 amide bonds. The van der Waals surface area contributed by atoms with Crippen LogP contribution in [-0.4, -0.2) is 4.98 Å². The quantitative estimate of drug-likeness (QED) is 0.568. The van der Waals surface area contributed by atoms with Crippen molar-refractivity contribution < 1.29 is 0 Å². The van der Waals surface area contributed by atoms with Gasteiger partial charge in [-0.3, -0.25) is 0 Å². The molecule has 0 spiro atoms. The zero-order chi connectivity index (χ0) is 9.26. The molecule has 2 rings (SSSR count). The molecule has 0 N–H and O–H groups in total. The van der Waals surface area contributed by atoms with Crippen molar-refractivity contribution in [3.63, 3.8) is 0 Å². The van der Waals surface area contributed by atoms with E-state index in [2.05, 4.69) is 35.7 Å². The van der Waals surface area contributed by atoms with Crippen molar-refractivity contribution in [2.45, 2.75) is 11.9 Å². The van der Waals surface area contributed by atoms with Gasteiger partial charge in [0.1, 0.15) is 5.03 Å². The first-order chi connectivity index (χ1) is 6.31. The lowest BCUT2D eigenvalue weighted by molar-refractivity contribution is 1.18. The predicted molar refractivity (Wildman–Crippen MR) is 61.3 cm³/mol. The van der Waals surface area contributed by atoms with E-state index >= 15 is 0 Å². The van der Waals surface area contributed by atoms with Gasteiger partial charge in [-0.25, -0.2) is 4.98 Å². The molecule has 0 bridgehead atoms. The van der Waals surface area contributed by atoms with Gasteiger partial charge in [0.25, 0.3) is 0 Å². The first kappa shape index (κ1) is 8.91. The van der Waals surface area contributed by atoms with E-state index in [1.807, 2.05) is 18.2 Å². The summed E-state index contributed by atoms with van der Waals surface area (Å²) in [6.07, 6.45) is 0. The molecule has 0 fully saturated rings. The minimum Gasteiger partial charge on any atom is -0.241 e. The lowest BCUT2D eigenvalue weighted by Gasteiger charge is -2.02. The molecule has 0 radical (unpaired) electrons. The van der Waals surface area contributed by atoms with Crippen molar-refractivity contribution in [2.24, 2.45) is 0 Å². The smallest absolute Gasteiger partial charge is 0.107 e. The number of pyridine rings is 1. The number of rotatable bonds is 1. The van der Waals surface area contributed by atoms with E-state index < -0.39 is 0 Å². The third-order valence-electron chi connectivity index (χ3n) is 1.99. The van der Waals surface area contributed by atoms with E-state index in [9.17, 15) is 0 Å². The molecule has 0 atom stereocenters. The molecule has 1 nitrogen and oxygen atoms in total. The Morgan fingerprint density at radius 3 is 2.85 bits per heavy atom. The number of aromatic nitrogens is 1. The highest BCUT2D eigenvalue weighted by Gasteiger charge is 2.00. The maximum absolute atomic E-state index is 4.44. The average molecular weight is 207 g/mol. The number of benzene rings is 1. The summed E-state index contributed by atoms with van der Waals surface area (Å²) in [6, 6.07) is 10.2. The molecule has 0 saturated heterocycles. The highest BCUT2D eigenvalue weighted by atomic mass is 33.1. The van der Waals surface area contributed by atoms with Gasteiger partial charge >= 0.3 is 0 Å². The van der Waals surface area contributed by atoms with Gasteiger partial charge in [0.2, 0.25) is 0 Å². The molecule has 1 heterocycles. The number of nitrogens with zero attached hydrogens (tertiary/aromatic N) is 1. The van der Waals surface area contributed by atoms with Gasteiger partial charge in [0.15, 0.2) is 0 Å². The third-order valence-corrected chi connectivity index (χ3v) is 2.95. The first-order valence-corrected chi connectivity index (χ1v) is 5.86. The zero-order valence-electron chi connectivity index (χ0n) is 7.19. The molecular weight excluding hydrogens is 198 g/mol. The molecule has 0 saturated carbocycles. The van der Waals surface area contributed by atoms with Gasteiger partial charge in [-0.15, -0.1) is 11.7 Å². The number of thiol groups is 1. The highest BCUT2D eigenvalue weighted by Crippen LogP contribution is 2.24. The van der Waals surface area contributed by atoms with Crippen LogP contribution in [-0.2, 0) is 0 Å². The molecule has 2 aromatic rings. The Morgan fingerprint density at radius 2 is 2.08 bits per heavy atom. The number of hydrogen-bond donors (Lipinski definition) is 1. The molecule has 0 aliphatic heterocycles. The van der Waals surface area contributed by atoms with Crippen molar-refractivity contribution in [1.82, 2.24) is 4.98 Å². The fourth-order valence-corrected chi connectivity index (χ4v) is 2.01. The van der Waals surface area contributed by atoms with Crippen LogP contribution in [0.5, 0.6) is 0 Å². The van der Waals surface area contributed by atoms with E-state index in [1.165, 1.54) is 21.7 Å². The summed E-state index contributed by atoms with van der Waals surface area (Å²) in [4.78, 5) is 4.44. The minimum atomic E-state index is 0.958. The average Bonchev–Trinajstić information content (AvgIpc) is 2.18. The fourth-order valence-electron chi connectivity index (χ4n) is 1.37. The second-order valence-electron chi connectivity index (χ2n) is 2.89. The summed E-state index contributed by atoms with van der Waals surface area (Å²) < 4.78 is 0. The van der Waals surface area contributed by atoms with Crippen LogP contribution < -0.4 is 0 Å². The Balaban J connectivity index is 2.77. The monoisotopic (exact) mass is 207 g/mol. The molecule has 3 heteroatoms. The molecule has 1 aromatic heterocycles. The molecule has 1 aromatic carbocycles. The second-order valence-corrected chi connectivity index (χ2v) is 4.03. The van der Waals surface area contributed by atoms with Crippen LogP contribution in [0.15, 0.2) is 35.4 Å². The highest BCUT2D eigenvalue weighted by molar-refractivity contribution is 8.68. The van der Waals surface area contributed by atoms with E-state index in [-0.39, 0.29) is 0 Å². The summed E-state index contributed by atoms with van der Waals surface area (Å²) in [5, 5.41) is 2.17. The number of para-hydroxylation sites is 1. The Morgan fingerprint density at radius 1 is 1.31 bits per heavy atom. The van der Waals surface area contributed by atoms with E-state index in [0.29, 0.717) is 0 Å². The maximum Gasteiger partial charge on any atom is 0.107 e. The summed E-state index contributed by atoms with van der Waals surface area (Å²) in [7, 11) is 1.38. The number of aryl methyl sites for hydroxylation is 1. The predicted octanol–water partition coefficient (Wildman–Crippen LogP) is 3.48. The normalized spacial score (nSPS) is 10.6. The van der Waals surface area contributed by atoms with Gasteiger partial charge in [-0.2, -0.15) is 0 Å². The third kappa shape index (κ3) is 1.67. The minimum absolute atomic E-state index is 0.958. The lowest BCUT2D eigenvalue weighted by atomic mass is 10.1. The molecule has 0 aliphatic carbocycles. The Labute approximate surface area is 86.4 Å². The van der Waals surface area contributed by atoms with Crippen LogP contribution in [0.4, 0.5) is 0 Å². The Bertz CT molecular complexity index is 440. The number of fused-ring (bicyclic) bond motifs is 1. The van der Waals surface area contributed by atoms with Gasteiger partial charge in [-0.05, 0) is 35.4 Å². The lowest BCUT2D eigenvalue weighted by Crippen LogP contribution is -1.84. The van der Waals surface area contributed by atoms with Crippen molar-refractivity contribution >= 4 is 33.4 Å². The van der Waals surface area contributed by atoms with Crippen molar-refractivity contribution in [1.29, 1.82) is 0 Å². The van der Waals surface area contributed by atoms with Crippen LogP contribution in [0.2, 0.25) is 0 Å². The van der Waals surface area contributed by atoms with Gasteiger partial charge in [-0.1, -0.05) is 18.2 Å². The van der Waals surface area contributed by atoms with Crippen LogP contribution in [0.1, 0.15) is 5.56 Å². The maximum atomic E-state index is 4.44. The fraction of sp³-hybridized carbons (Fsp3) is 0.100. The van der Waals surface area contributed by atoms with E-state index in [1.54, 1.807) is 0 Å². The topological polar surface area (TPSA) is 12.9 Å². The van der Waals surface area contributed by atoms with Gasteiger partial charge in [0.05, 0.1) is 5.52 Å². The zero-order valence-corrected chi connectivity index (χ0v) is 8.90. The summed E-state index contributed by atoms with van der Waals surface area (Å²) in [6.45, 7) is 2.09. The van der Waals surface area contributed by atoms with E-state index in [0.717, 1.165) is 10.5 Å². The van der Waals surface area contributed by atoms with Crippen LogP contribution in [0.25, 0.3) is 10.9 Å². The molecule has 66 valence electrons. The summed E-state index contributed by atoms with van der Waals surface area (Å²) >= 11 is 4.14. The van der Waals surface area contributed by atoms with Gasteiger partial charge in [0, 0.05) is 5.39 Å². The first-order valence-electron chi connectivity index (χ1n) is 3.99. The van der Waals surface area contributed by atoms with Gasteiger partial charge < -0.3 is 0 Å². The molecular formula is C10H9NS2. The molecule has 13 heavy (non-hydrogen) atoms. The number of hydrogen-bond acceptors (Lipinski definition) is 3. The van der Waals surface area contributed by atoms with Crippen molar-refractivity contribution in [3.05, 3.63) is 35.9 Å². The summed E-state index contributed by atoms with van der Waals surface area (Å²) in [5.41, 5.74) is 2.29. The van der Waals surface area contributed by atoms with Crippen molar-refractivity contribution in [3.8, 4) is 0 Å². The molecule has 0 aliphatic rings. The second kappa shape index (κ2) is 3.60. The Hall–Kier alpha value is -0.670. The van der Waals surface area contributed by atoms with Crippen LogP contribution in [0.3, 0.4) is 0 Å². The summed E-state index contributed by atoms with van der Waals surface area (Å²) in [5.74, 6) is 0. The standard InChI is InChI=1S/C10H9NS2/c1-7-6-10(13-12)11-9-5-3-2-4-8(7)9/h2-6,12H,1H3. The van der Waals surface area contributed by atoms with Crippen LogP contribution >= 0.6 is 22.5 Å². The van der Waals surface area contributed by atoms with Crippen LogP contribution in [0, 0.1) is 6.92 Å². The Kier molecular flexibility index (Phi) is 2.47.